The highest BCUT2D eigenvalue weighted by molar-refractivity contribution is 7.13. The molecule has 1 atom stereocenters. The number of rotatable bonds is 5. The van der Waals surface area contributed by atoms with Crippen LogP contribution in [0.2, 0.25) is 0 Å². The number of hydrogen-bond donors (Lipinski definition) is 3. The summed E-state index contributed by atoms with van der Waals surface area (Å²) >= 11 is 2.16. The van der Waals surface area contributed by atoms with Gasteiger partial charge in [0.15, 0.2) is 0 Å². The average Bonchev–Trinajstić information content (AvgIpc) is 3.37. The molecule has 2 aromatic heterocycles. The van der Waals surface area contributed by atoms with E-state index in [1.54, 1.807) is 0 Å². The van der Waals surface area contributed by atoms with Gasteiger partial charge in [-0.05, 0) is 36.5 Å². The summed E-state index contributed by atoms with van der Waals surface area (Å²) in [5, 5.41) is 16.4. The van der Waals surface area contributed by atoms with Crippen molar-refractivity contribution in [2.45, 2.75) is 18.9 Å². The van der Waals surface area contributed by atoms with Crippen molar-refractivity contribution in [2.24, 2.45) is 0 Å². The van der Waals surface area contributed by atoms with E-state index in [-0.39, 0.29) is 22.3 Å². The standard InChI is InChI=1S/C19H17F2N5O3S2/c20-11-4-1-5-12(21)15(11)17-25-14(9-30-17)16(27)24-13-7-22-31-18(13)26-6-2-3-10(8-26)23-19(28)29/h1,4-5,7,9-10,23H,2-3,6,8H2,(H,24,27)(H,28,29). The topological polar surface area (TPSA) is 107 Å². The molecule has 31 heavy (non-hydrogen) atoms. The first-order chi connectivity index (χ1) is 14.9. The Morgan fingerprint density at radius 3 is 2.77 bits per heavy atom. The number of piperidine rings is 1. The second kappa shape index (κ2) is 8.94. The Kier molecular flexibility index (Phi) is 6.09. The minimum absolute atomic E-state index is 0.0314. The molecule has 0 spiro atoms. The van der Waals surface area contributed by atoms with Crippen LogP contribution >= 0.6 is 22.9 Å². The number of anilines is 2. The van der Waals surface area contributed by atoms with Gasteiger partial charge in [-0.1, -0.05) is 6.07 Å². The molecule has 4 rings (SSSR count). The molecular formula is C19H17F2N5O3S2. The summed E-state index contributed by atoms with van der Waals surface area (Å²) in [7, 11) is 0. The number of hydrogen-bond acceptors (Lipinski definition) is 7. The molecule has 8 nitrogen and oxygen atoms in total. The molecule has 2 amide bonds. The van der Waals surface area contributed by atoms with Gasteiger partial charge in [0.2, 0.25) is 0 Å². The van der Waals surface area contributed by atoms with E-state index in [9.17, 15) is 18.4 Å². The maximum absolute atomic E-state index is 14.0. The first kappa shape index (κ1) is 21.1. The van der Waals surface area contributed by atoms with Crippen LogP contribution in [0.1, 0.15) is 23.3 Å². The summed E-state index contributed by atoms with van der Waals surface area (Å²) in [4.78, 5) is 29.7. The van der Waals surface area contributed by atoms with Crippen LogP contribution in [0.25, 0.3) is 10.6 Å². The number of benzene rings is 1. The Morgan fingerprint density at radius 1 is 1.26 bits per heavy atom. The highest BCUT2D eigenvalue weighted by Crippen LogP contribution is 2.33. The van der Waals surface area contributed by atoms with Crippen LogP contribution < -0.4 is 15.5 Å². The largest absolute Gasteiger partial charge is 0.465 e. The Labute approximate surface area is 183 Å². The third kappa shape index (κ3) is 4.64. The normalized spacial score (nSPS) is 16.2. The van der Waals surface area contributed by atoms with Crippen LogP contribution in [-0.2, 0) is 0 Å². The summed E-state index contributed by atoms with van der Waals surface area (Å²) in [5.41, 5.74) is 0.233. The highest BCUT2D eigenvalue weighted by Gasteiger charge is 2.25. The van der Waals surface area contributed by atoms with Crippen LogP contribution in [0.15, 0.2) is 29.8 Å². The summed E-state index contributed by atoms with van der Waals surface area (Å²) in [6, 6.07) is 3.31. The lowest BCUT2D eigenvalue weighted by atomic mass is 10.1. The first-order valence-corrected chi connectivity index (χ1v) is 11.0. The van der Waals surface area contributed by atoms with Crippen LogP contribution in [0, 0.1) is 11.6 Å². The zero-order valence-corrected chi connectivity index (χ0v) is 17.6. The lowest BCUT2D eigenvalue weighted by Gasteiger charge is -2.33. The fourth-order valence-corrected chi connectivity index (χ4v) is 4.97. The lowest BCUT2D eigenvalue weighted by molar-refractivity contribution is 0.102. The number of halogens is 2. The van der Waals surface area contributed by atoms with Gasteiger partial charge < -0.3 is 20.6 Å². The van der Waals surface area contributed by atoms with Gasteiger partial charge in [0.25, 0.3) is 5.91 Å². The van der Waals surface area contributed by atoms with E-state index in [0.717, 1.165) is 36.3 Å². The van der Waals surface area contributed by atoms with Gasteiger partial charge >= 0.3 is 6.09 Å². The average molecular weight is 466 g/mol. The fourth-order valence-electron chi connectivity index (χ4n) is 3.38. The van der Waals surface area contributed by atoms with E-state index in [1.165, 1.54) is 29.2 Å². The molecule has 0 bridgehead atoms. The number of nitrogens with one attached hydrogen (secondary N) is 2. The van der Waals surface area contributed by atoms with Crippen molar-refractivity contribution in [2.75, 3.05) is 23.3 Å². The number of carboxylic acid groups (broad SMARTS) is 1. The molecule has 0 saturated carbocycles. The molecule has 12 heteroatoms. The Bertz CT molecular complexity index is 1100. The third-order valence-electron chi connectivity index (χ3n) is 4.75. The second-order valence-corrected chi connectivity index (χ2v) is 8.51. The van der Waals surface area contributed by atoms with Gasteiger partial charge in [-0.25, -0.2) is 18.6 Å². The van der Waals surface area contributed by atoms with E-state index in [1.807, 2.05) is 4.90 Å². The molecule has 1 aliphatic heterocycles. The molecule has 3 heterocycles. The molecule has 0 aliphatic carbocycles. The molecule has 1 unspecified atom stereocenters. The van der Waals surface area contributed by atoms with Crippen molar-refractivity contribution in [1.29, 1.82) is 0 Å². The molecule has 3 N–H and O–H groups in total. The van der Waals surface area contributed by atoms with E-state index >= 15 is 0 Å². The summed E-state index contributed by atoms with van der Waals surface area (Å²) in [5.74, 6) is -2.03. The van der Waals surface area contributed by atoms with Crippen molar-refractivity contribution < 1.29 is 23.5 Å². The van der Waals surface area contributed by atoms with E-state index in [2.05, 4.69) is 20.0 Å². The van der Waals surface area contributed by atoms with Gasteiger partial charge in [0.05, 0.1) is 17.4 Å². The number of amides is 2. The van der Waals surface area contributed by atoms with E-state index in [4.69, 9.17) is 5.11 Å². The monoisotopic (exact) mass is 465 g/mol. The Hall–Kier alpha value is -3.12. The van der Waals surface area contributed by atoms with Crippen LogP contribution in [0.5, 0.6) is 0 Å². The van der Waals surface area contributed by atoms with Gasteiger partial charge in [-0.3, -0.25) is 4.79 Å². The molecule has 1 aromatic carbocycles. The first-order valence-electron chi connectivity index (χ1n) is 9.32. The zero-order valence-electron chi connectivity index (χ0n) is 16.0. The van der Waals surface area contributed by atoms with Gasteiger partial charge in [-0.15, -0.1) is 11.3 Å². The van der Waals surface area contributed by atoms with Crippen molar-refractivity contribution >= 4 is 45.6 Å². The maximum Gasteiger partial charge on any atom is 0.404 e. The number of thiazole rings is 1. The van der Waals surface area contributed by atoms with Gasteiger partial charge in [0, 0.05) is 24.5 Å². The minimum Gasteiger partial charge on any atom is -0.465 e. The number of carbonyl (C=O) groups is 2. The van der Waals surface area contributed by atoms with Crippen molar-refractivity contribution in [3.8, 4) is 10.6 Å². The molecule has 3 aromatic rings. The van der Waals surface area contributed by atoms with Crippen molar-refractivity contribution in [1.82, 2.24) is 14.7 Å². The molecule has 1 aliphatic rings. The fraction of sp³-hybridized carbons (Fsp3) is 0.263. The highest BCUT2D eigenvalue weighted by atomic mass is 32.1. The number of carbonyl (C=O) groups excluding carboxylic acids is 1. The lowest BCUT2D eigenvalue weighted by Crippen LogP contribution is -2.47. The third-order valence-corrected chi connectivity index (χ3v) is 6.47. The number of aromatic nitrogens is 2. The summed E-state index contributed by atoms with van der Waals surface area (Å²) < 4.78 is 32.1. The molecule has 1 fully saturated rings. The Morgan fingerprint density at radius 2 is 2.03 bits per heavy atom. The maximum atomic E-state index is 14.0. The predicted molar refractivity (Wildman–Crippen MR) is 114 cm³/mol. The van der Waals surface area contributed by atoms with Crippen LogP contribution in [-0.4, -0.2) is 45.6 Å². The van der Waals surface area contributed by atoms with Crippen LogP contribution in [0.4, 0.5) is 24.3 Å². The second-order valence-electron chi connectivity index (χ2n) is 6.87. The summed E-state index contributed by atoms with van der Waals surface area (Å²) in [6.45, 7) is 1.17. The van der Waals surface area contributed by atoms with E-state index in [0.29, 0.717) is 23.8 Å². The van der Waals surface area contributed by atoms with Crippen molar-refractivity contribution in [3.63, 3.8) is 0 Å². The molecule has 162 valence electrons. The van der Waals surface area contributed by atoms with Crippen LogP contribution in [0.3, 0.4) is 0 Å². The molecule has 1 saturated heterocycles. The van der Waals surface area contributed by atoms with Crippen molar-refractivity contribution in [3.05, 3.63) is 47.1 Å². The van der Waals surface area contributed by atoms with Gasteiger partial charge in [0.1, 0.15) is 27.3 Å². The SMILES string of the molecule is O=C(O)NC1CCCN(c2sncc2NC(=O)c2csc(-c3c(F)cccc3F)n2)C1. The Balaban J connectivity index is 1.49. The van der Waals surface area contributed by atoms with Gasteiger partial charge in [-0.2, -0.15) is 4.37 Å². The predicted octanol–water partition coefficient (Wildman–Crippen LogP) is 4.03. The summed E-state index contributed by atoms with van der Waals surface area (Å²) in [6.07, 6.45) is 1.96. The number of nitrogens with zero attached hydrogens (tertiary/aromatic N) is 3. The molecular weight excluding hydrogens is 448 g/mol. The molecule has 0 radical (unpaired) electrons. The smallest absolute Gasteiger partial charge is 0.404 e. The minimum atomic E-state index is -1.07. The van der Waals surface area contributed by atoms with E-state index < -0.39 is 23.6 Å². The quantitative estimate of drug-likeness (QED) is 0.525. The zero-order chi connectivity index (χ0) is 22.0.